The first-order valence-corrected chi connectivity index (χ1v) is 8.41. The fourth-order valence-electron chi connectivity index (χ4n) is 5.67. The second-order valence-corrected chi connectivity index (χ2v) is 7.61. The molecule has 1 spiro atoms. The van der Waals surface area contributed by atoms with Crippen LogP contribution in [0.1, 0.15) is 53.3 Å². The van der Waals surface area contributed by atoms with Crippen molar-refractivity contribution in [1.29, 1.82) is 0 Å². The molecular formula is C19H18O4. The summed E-state index contributed by atoms with van der Waals surface area (Å²) in [5.41, 5.74) is -0.418. The molecular weight excluding hydrogens is 292 g/mol. The molecule has 2 aliphatic heterocycles. The van der Waals surface area contributed by atoms with E-state index in [1.807, 2.05) is 6.92 Å². The monoisotopic (exact) mass is 310 g/mol. The van der Waals surface area contributed by atoms with Crippen molar-refractivity contribution in [3.05, 3.63) is 35.4 Å². The van der Waals surface area contributed by atoms with Crippen molar-refractivity contribution in [2.45, 2.75) is 44.3 Å². The summed E-state index contributed by atoms with van der Waals surface area (Å²) in [6.07, 6.45) is 2.66. The standard InChI is InChI=1S/C19H18O4/c1-18-8-4-5-9-19(18)13-12(16(23-19)17(18)22)14(20)10-6-2-3-7-11(10)15(13)21/h2-3,6-7,12-13,16H,4-5,8-9H2,1H3/t12-,13+,16+,18+,19-/m0/s1. The first-order valence-electron chi connectivity index (χ1n) is 8.41. The van der Waals surface area contributed by atoms with Crippen LogP contribution in [0.25, 0.3) is 0 Å². The SMILES string of the molecule is C[C@]12CCCC[C@@]13O[C@@H](C2=O)[C@@H]1C(=O)c2ccccc2C(=O)[C@@H]13. The first kappa shape index (κ1) is 13.6. The van der Waals surface area contributed by atoms with E-state index in [9.17, 15) is 14.4 Å². The van der Waals surface area contributed by atoms with Crippen LogP contribution in [-0.4, -0.2) is 29.1 Å². The number of rotatable bonds is 0. The van der Waals surface area contributed by atoms with Crippen LogP contribution < -0.4 is 0 Å². The Morgan fingerprint density at radius 1 is 1.00 bits per heavy atom. The van der Waals surface area contributed by atoms with Gasteiger partial charge in [-0.1, -0.05) is 37.1 Å². The quantitative estimate of drug-likeness (QED) is 0.739. The van der Waals surface area contributed by atoms with Gasteiger partial charge in [0.25, 0.3) is 0 Å². The number of benzene rings is 1. The molecule has 0 aromatic heterocycles. The molecule has 0 N–H and O–H groups in total. The lowest BCUT2D eigenvalue weighted by molar-refractivity contribution is -0.135. The van der Waals surface area contributed by atoms with Crippen molar-refractivity contribution >= 4 is 17.3 Å². The van der Waals surface area contributed by atoms with E-state index in [-0.39, 0.29) is 17.3 Å². The number of Topliss-reactive ketones (excluding diaryl/α,β-unsaturated/α-hetero) is 3. The molecule has 0 radical (unpaired) electrons. The van der Waals surface area contributed by atoms with Crippen LogP contribution in [0.5, 0.6) is 0 Å². The molecule has 5 atom stereocenters. The van der Waals surface area contributed by atoms with Gasteiger partial charge in [-0.3, -0.25) is 14.4 Å². The Hall–Kier alpha value is -1.81. The number of hydrogen-bond donors (Lipinski definition) is 0. The van der Waals surface area contributed by atoms with Gasteiger partial charge < -0.3 is 4.74 Å². The fourth-order valence-corrected chi connectivity index (χ4v) is 5.67. The van der Waals surface area contributed by atoms with Gasteiger partial charge in [-0.2, -0.15) is 0 Å². The van der Waals surface area contributed by atoms with Crippen molar-refractivity contribution in [3.63, 3.8) is 0 Å². The first-order chi connectivity index (χ1) is 11.0. The lowest BCUT2D eigenvalue weighted by Crippen LogP contribution is -2.62. The number of ketones is 3. The molecule has 1 aromatic rings. The van der Waals surface area contributed by atoms with Crippen LogP contribution in [0.15, 0.2) is 24.3 Å². The second-order valence-electron chi connectivity index (χ2n) is 7.61. The van der Waals surface area contributed by atoms with Crippen molar-refractivity contribution in [1.82, 2.24) is 0 Å². The van der Waals surface area contributed by atoms with Gasteiger partial charge >= 0.3 is 0 Å². The highest BCUT2D eigenvalue weighted by Gasteiger charge is 2.77. The largest absolute Gasteiger partial charge is 0.361 e. The van der Waals surface area contributed by atoms with Crippen LogP contribution in [0, 0.1) is 17.3 Å². The summed E-state index contributed by atoms with van der Waals surface area (Å²) in [5, 5.41) is 0. The molecule has 0 unspecified atom stereocenters. The molecule has 5 rings (SSSR count). The van der Waals surface area contributed by atoms with Crippen LogP contribution in [-0.2, 0) is 9.53 Å². The van der Waals surface area contributed by atoms with E-state index in [0.29, 0.717) is 17.5 Å². The summed E-state index contributed by atoms with van der Waals surface area (Å²) >= 11 is 0. The van der Waals surface area contributed by atoms with Crippen LogP contribution in [0.4, 0.5) is 0 Å². The summed E-state index contributed by atoms with van der Waals surface area (Å²) in [4.78, 5) is 39.1. The van der Waals surface area contributed by atoms with E-state index in [1.54, 1.807) is 24.3 Å². The van der Waals surface area contributed by atoms with Crippen molar-refractivity contribution in [2.24, 2.45) is 17.3 Å². The summed E-state index contributed by atoms with van der Waals surface area (Å²) in [6.45, 7) is 1.95. The highest BCUT2D eigenvalue weighted by atomic mass is 16.5. The third-order valence-electron chi connectivity index (χ3n) is 6.78. The van der Waals surface area contributed by atoms with Gasteiger partial charge in [0.05, 0.1) is 22.9 Å². The second kappa shape index (κ2) is 3.99. The Labute approximate surface area is 134 Å². The Bertz CT molecular complexity index is 781. The van der Waals surface area contributed by atoms with Gasteiger partial charge in [0.1, 0.15) is 6.10 Å². The predicted molar refractivity (Wildman–Crippen MR) is 81.3 cm³/mol. The Morgan fingerprint density at radius 2 is 1.65 bits per heavy atom. The van der Waals surface area contributed by atoms with Gasteiger partial charge in [0.2, 0.25) is 0 Å². The number of hydrogen-bond acceptors (Lipinski definition) is 4. The molecule has 1 saturated carbocycles. The van der Waals surface area contributed by atoms with Crippen LogP contribution >= 0.6 is 0 Å². The molecule has 4 aliphatic rings. The van der Waals surface area contributed by atoms with Crippen molar-refractivity contribution in [3.8, 4) is 0 Å². The zero-order chi connectivity index (χ0) is 16.0. The number of carbonyl (C=O) groups is 3. The molecule has 23 heavy (non-hydrogen) atoms. The molecule has 3 fully saturated rings. The maximum absolute atomic E-state index is 13.2. The topological polar surface area (TPSA) is 60.4 Å². The molecule has 2 saturated heterocycles. The normalized spacial score (nSPS) is 44.0. The summed E-state index contributed by atoms with van der Waals surface area (Å²) in [7, 11) is 0. The molecule has 2 heterocycles. The molecule has 0 amide bonds. The maximum Gasteiger partial charge on any atom is 0.171 e. The van der Waals surface area contributed by atoms with Crippen molar-refractivity contribution < 1.29 is 19.1 Å². The van der Waals surface area contributed by atoms with Gasteiger partial charge in [0, 0.05) is 11.1 Å². The number of carbonyl (C=O) groups excluding carboxylic acids is 3. The van der Waals surface area contributed by atoms with E-state index in [4.69, 9.17) is 4.74 Å². The average molecular weight is 310 g/mol. The summed E-state index contributed by atoms with van der Waals surface area (Å²) in [5.74, 6) is -1.16. The third-order valence-corrected chi connectivity index (χ3v) is 6.78. The Morgan fingerprint density at radius 3 is 2.39 bits per heavy atom. The van der Waals surface area contributed by atoms with E-state index < -0.39 is 29.0 Å². The molecule has 1 aromatic carbocycles. The third kappa shape index (κ3) is 1.28. The summed E-state index contributed by atoms with van der Waals surface area (Å²) < 4.78 is 6.21. The lowest BCUT2D eigenvalue weighted by atomic mass is 9.49. The molecule has 118 valence electrons. The zero-order valence-corrected chi connectivity index (χ0v) is 13.0. The van der Waals surface area contributed by atoms with Gasteiger partial charge in [0.15, 0.2) is 17.3 Å². The fraction of sp³-hybridized carbons (Fsp3) is 0.526. The van der Waals surface area contributed by atoms with Gasteiger partial charge in [-0.05, 0) is 19.8 Å². The summed E-state index contributed by atoms with van der Waals surface area (Å²) in [6, 6.07) is 6.99. The number of fused-ring (bicyclic) bond motifs is 4. The minimum Gasteiger partial charge on any atom is -0.361 e. The van der Waals surface area contributed by atoms with E-state index in [2.05, 4.69) is 0 Å². The molecule has 4 heteroatoms. The average Bonchev–Trinajstić information content (AvgIpc) is 3.02. The van der Waals surface area contributed by atoms with Crippen LogP contribution in [0.2, 0.25) is 0 Å². The Balaban J connectivity index is 1.75. The highest BCUT2D eigenvalue weighted by molar-refractivity contribution is 6.19. The zero-order valence-electron chi connectivity index (χ0n) is 13.0. The van der Waals surface area contributed by atoms with Gasteiger partial charge in [-0.15, -0.1) is 0 Å². The minimum absolute atomic E-state index is 0.00618. The maximum atomic E-state index is 13.2. The molecule has 4 nitrogen and oxygen atoms in total. The molecule has 2 bridgehead atoms. The molecule has 2 aliphatic carbocycles. The van der Waals surface area contributed by atoms with Crippen LogP contribution in [0.3, 0.4) is 0 Å². The number of ether oxygens (including phenoxy) is 1. The minimum atomic E-state index is -0.766. The highest BCUT2D eigenvalue weighted by Crippen LogP contribution is 2.66. The lowest BCUT2D eigenvalue weighted by Gasteiger charge is -2.50. The van der Waals surface area contributed by atoms with E-state index in [1.165, 1.54) is 0 Å². The van der Waals surface area contributed by atoms with Crippen molar-refractivity contribution in [2.75, 3.05) is 0 Å². The smallest absolute Gasteiger partial charge is 0.171 e. The van der Waals surface area contributed by atoms with E-state index >= 15 is 0 Å². The predicted octanol–water partition coefficient (Wildman–Crippen LogP) is 2.60. The Kier molecular flexibility index (Phi) is 2.36. The van der Waals surface area contributed by atoms with Gasteiger partial charge in [-0.25, -0.2) is 0 Å². The van der Waals surface area contributed by atoms with E-state index in [0.717, 1.165) is 19.3 Å².